The number of carbonyl (C=O) groups excluding carboxylic acids is 2. The maximum absolute atomic E-state index is 12.0. The smallest absolute Gasteiger partial charge is 0.328 e. The number of hydrogen-bond donors (Lipinski definition) is 2. The summed E-state index contributed by atoms with van der Waals surface area (Å²) in [6.07, 6.45) is 0.884. The highest BCUT2D eigenvalue weighted by Crippen LogP contribution is 2.06. The molecule has 21 heavy (non-hydrogen) atoms. The molecular formula is C13H26N2O5S. The fourth-order valence-electron chi connectivity index (χ4n) is 1.77. The number of carbonyl (C=O) groups is 2. The molecule has 124 valence electrons. The van der Waals surface area contributed by atoms with Gasteiger partial charge in [-0.25, -0.2) is 17.9 Å². The lowest BCUT2D eigenvalue weighted by molar-refractivity contribution is -0.145. The van der Waals surface area contributed by atoms with Crippen molar-refractivity contribution in [3.05, 3.63) is 0 Å². The van der Waals surface area contributed by atoms with Crippen LogP contribution in [0.25, 0.3) is 0 Å². The van der Waals surface area contributed by atoms with Crippen LogP contribution in [0.3, 0.4) is 0 Å². The lowest BCUT2D eigenvalue weighted by Gasteiger charge is -2.21. The molecule has 0 aliphatic rings. The molecule has 8 heteroatoms. The van der Waals surface area contributed by atoms with Crippen LogP contribution in [-0.2, 0) is 24.3 Å². The van der Waals surface area contributed by atoms with Crippen molar-refractivity contribution in [1.29, 1.82) is 0 Å². The minimum absolute atomic E-state index is 0.0446. The van der Waals surface area contributed by atoms with E-state index in [1.165, 1.54) is 14.0 Å². The molecule has 0 saturated heterocycles. The number of esters is 1. The lowest BCUT2D eigenvalue weighted by atomic mass is 10.0. The summed E-state index contributed by atoms with van der Waals surface area (Å²) in [6.45, 7) is 7.00. The van der Waals surface area contributed by atoms with E-state index in [1.807, 2.05) is 13.8 Å². The number of amides is 1. The Balaban J connectivity index is 4.71. The predicted molar refractivity (Wildman–Crippen MR) is 80.1 cm³/mol. The topological polar surface area (TPSA) is 102 Å². The van der Waals surface area contributed by atoms with Crippen LogP contribution < -0.4 is 10.0 Å². The van der Waals surface area contributed by atoms with E-state index < -0.39 is 34.0 Å². The zero-order chi connectivity index (χ0) is 16.6. The Morgan fingerprint density at radius 2 is 1.76 bits per heavy atom. The first-order valence-electron chi connectivity index (χ1n) is 7.01. The Hall–Kier alpha value is -1.15. The van der Waals surface area contributed by atoms with Gasteiger partial charge in [-0.3, -0.25) is 4.79 Å². The number of nitrogens with one attached hydrogen (secondary N) is 2. The Bertz CT molecular complexity index is 447. The zero-order valence-electron chi connectivity index (χ0n) is 13.3. The summed E-state index contributed by atoms with van der Waals surface area (Å²) in [5, 5.41) is 2.52. The molecule has 0 spiro atoms. The van der Waals surface area contributed by atoms with Crippen molar-refractivity contribution >= 4 is 21.9 Å². The summed E-state index contributed by atoms with van der Waals surface area (Å²) in [5.74, 6) is -0.954. The van der Waals surface area contributed by atoms with Crippen LogP contribution in [0.4, 0.5) is 0 Å². The van der Waals surface area contributed by atoms with E-state index in [0.29, 0.717) is 12.8 Å². The fourth-order valence-corrected chi connectivity index (χ4v) is 3.08. The highest BCUT2D eigenvalue weighted by atomic mass is 32.2. The maximum atomic E-state index is 12.0. The predicted octanol–water partition coefficient (Wildman–Crippen LogP) is 0.408. The van der Waals surface area contributed by atoms with Crippen LogP contribution in [0.5, 0.6) is 0 Å². The van der Waals surface area contributed by atoms with E-state index in [9.17, 15) is 18.0 Å². The van der Waals surface area contributed by atoms with Gasteiger partial charge in [0.15, 0.2) is 0 Å². The van der Waals surface area contributed by atoms with Crippen molar-refractivity contribution in [3.8, 4) is 0 Å². The highest BCUT2D eigenvalue weighted by molar-refractivity contribution is 7.89. The largest absolute Gasteiger partial charge is 0.467 e. The van der Waals surface area contributed by atoms with Crippen LogP contribution in [0.2, 0.25) is 0 Å². The third-order valence-corrected chi connectivity index (χ3v) is 4.39. The molecule has 0 heterocycles. The van der Waals surface area contributed by atoms with Crippen LogP contribution in [0.15, 0.2) is 0 Å². The van der Waals surface area contributed by atoms with Crippen molar-refractivity contribution in [3.63, 3.8) is 0 Å². The molecule has 7 nitrogen and oxygen atoms in total. The van der Waals surface area contributed by atoms with E-state index in [-0.39, 0.29) is 11.7 Å². The molecule has 0 aromatic carbocycles. The third-order valence-electron chi connectivity index (χ3n) is 2.73. The minimum atomic E-state index is -3.49. The van der Waals surface area contributed by atoms with Gasteiger partial charge >= 0.3 is 5.97 Å². The monoisotopic (exact) mass is 322 g/mol. The van der Waals surface area contributed by atoms with Gasteiger partial charge in [-0.15, -0.1) is 0 Å². The number of rotatable bonds is 9. The minimum Gasteiger partial charge on any atom is -0.467 e. The van der Waals surface area contributed by atoms with Gasteiger partial charge in [-0.1, -0.05) is 20.8 Å². The Kier molecular flexibility index (Phi) is 8.50. The molecule has 0 saturated carbocycles. The second kappa shape index (κ2) is 8.99. The van der Waals surface area contributed by atoms with Gasteiger partial charge in [0.2, 0.25) is 15.9 Å². The molecule has 2 atom stereocenters. The summed E-state index contributed by atoms with van der Waals surface area (Å²) in [4.78, 5) is 23.6. The van der Waals surface area contributed by atoms with E-state index in [0.717, 1.165) is 0 Å². The molecule has 0 aromatic heterocycles. The number of hydrogen-bond acceptors (Lipinski definition) is 5. The molecule has 2 N–H and O–H groups in total. The van der Waals surface area contributed by atoms with Crippen LogP contribution in [-0.4, -0.2) is 45.2 Å². The van der Waals surface area contributed by atoms with E-state index in [1.54, 1.807) is 6.92 Å². The van der Waals surface area contributed by atoms with Gasteiger partial charge in [0.05, 0.1) is 18.9 Å². The second-order valence-corrected chi connectivity index (χ2v) is 7.25. The summed E-state index contributed by atoms with van der Waals surface area (Å²) in [7, 11) is -2.24. The quantitative estimate of drug-likeness (QED) is 0.599. The first-order valence-corrected chi connectivity index (χ1v) is 8.66. The van der Waals surface area contributed by atoms with Crippen molar-refractivity contribution in [1.82, 2.24) is 10.0 Å². The van der Waals surface area contributed by atoms with Crippen LogP contribution in [0.1, 0.15) is 40.5 Å². The Labute approximate surface area is 126 Å². The van der Waals surface area contributed by atoms with E-state index in [2.05, 4.69) is 14.8 Å². The van der Waals surface area contributed by atoms with Crippen LogP contribution in [0, 0.1) is 5.92 Å². The summed E-state index contributed by atoms with van der Waals surface area (Å²) < 4.78 is 30.2. The van der Waals surface area contributed by atoms with Crippen molar-refractivity contribution in [2.45, 2.75) is 52.6 Å². The fraction of sp³-hybridized carbons (Fsp3) is 0.846. The Morgan fingerprint density at radius 3 is 2.19 bits per heavy atom. The highest BCUT2D eigenvalue weighted by Gasteiger charge is 2.26. The summed E-state index contributed by atoms with van der Waals surface area (Å²) in [5.41, 5.74) is 0. The molecular weight excluding hydrogens is 296 g/mol. The molecule has 2 unspecified atom stereocenters. The molecule has 0 fully saturated rings. The van der Waals surface area contributed by atoms with Gasteiger partial charge in [0, 0.05) is 0 Å². The molecule has 0 bridgehead atoms. The summed E-state index contributed by atoms with van der Waals surface area (Å²) in [6, 6.07) is -1.72. The van der Waals surface area contributed by atoms with Gasteiger partial charge < -0.3 is 10.1 Å². The first-order chi connectivity index (χ1) is 9.62. The van der Waals surface area contributed by atoms with Crippen molar-refractivity contribution in [2.75, 3.05) is 12.9 Å². The van der Waals surface area contributed by atoms with E-state index in [4.69, 9.17) is 0 Å². The number of sulfonamides is 1. The van der Waals surface area contributed by atoms with Gasteiger partial charge in [0.1, 0.15) is 6.04 Å². The maximum Gasteiger partial charge on any atom is 0.328 e. The number of methoxy groups -OCH3 is 1. The van der Waals surface area contributed by atoms with Crippen LogP contribution >= 0.6 is 0 Å². The van der Waals surface area contributed by atoms with Crippen molar-refractivity contribution < 1.29 is 22.7 Å². The third kappa shape index (κ3) is 8.01. The second-order valence-electron chi connectivity index (χ2n) is 5.37. The van der Waals surface area contributed by atoms with Gasteiger partial charge in [-0.05, 0) is 25.7 Å². The van der Waals surface area contributed by atoms with Crippen molar-refractivity contribution in [2.24, 2.45) is 5.92 Å². The Morgan fingerprint density at radius 1 is 1.19 bits per heavy atom. The number of ether oxygens (including phenoxy) is 1. The average molecular weight is 322 g/mol. The zero-order valence-corrected chi connectivity index (χ0v) is 14.1. The normalized spacial score (nSPS) is 14.6. The lowest BCUT2D eigenvalue weighted by Crippen LogP contribution is -2.51. The summed E-state index contributed by atoms with van der Waals surface area (Å²) >= 11 is 0. The van der Waals surface area contributed by atoms with E-state index >= 15 is 0 Å². The molecule has 0 aromatic rings. The van der Waals surface area contributed by atoms with Gasteiger partial charge in [0.25, 0.3) is 0 Å². The standard InChI is InChI=1S/C13H26N2O5S/c1-6-7-21(18,19)15-10(4)12(16)14-11(8-9(2)3)13(17)20-5/h9-11,15H,6-8H2,1-5H3,(H,14,16). The molecule has 1 amide bonds. The molecule has 0 aliphatic carbocycles. The molecule has 0 aliphatic heterocycles. The molecule has 0 rings (SSSR count). The van der Waals surface area contributed by atoms with Gasteiger partial charge in [-0.2, -0.15) is 0 Å². The molecule has 0 radical (unpaired) electrons. The average Bonchev–Trinajstić information content (AvgIpc) is 2.35. The SMILES string of the molecule is CCCS(=O)(=O)NC(C)C(=O)NC(CC(C)C)C(=O)OC. The first kappa shape index (κ1) is 19.9.